The molecule has 0 aromatic heterocycles. The van der Waals surface area contributed by atoms with Gasteiger partial charge in [0.2, 0.25) is 0 Å². The highest BCUT2D eigenvalue weighted by molar-refractivity contribution is 5.70. The van der Waals surface area contributed by atoms with Gasteiger partial charge in [0.05, 0.1) is 6.42 Å². The molecule has 0 bridgehead atoms. The average molecular weight is 250 g/mol. The molecular weight excluding hydrogens is 231 g/mol. The molecule has 2 nitrogen and oxygen atoms in total. The van der Waals surface area contributed by atoms with Gasteiger partial charge in [-0.2, -0.15) is 0 Å². The predicted octanol–water partition coefficient (Wildman–Crippen LogP) is 3.76. The second kappa shape index (κ2) is 4.38. The largest absolute Gasteiger partial charge is 0.481 e. The Morgan fingerprint density at radius 3 is 2.50 bits per heavy atom. The Morgan fingerprint density at radius 1 is 1.44 bits per heavy atom. The molecule has 1 aromatic rings. The fraction of sp³-hybridized carbons (Fsp3) is 0.533. The molecule has 0 saturated heterocycles. The van der Waals surface area contributed by atoms with E-state index in [-0.39, 0.29) is 23.6 Å². The van der Waals surface area contributed by atoms with Crippen molar-refractivity contribution in [3.05, 3.63) is 34.6 Å². The Kier molecular flexibility index (Phi) is 3.18. The normalized spacial score (nSPS) is 16.9. The quantitative estimate of drug-likeness (QED) is 0.883. The number of rotatable bonds is 4. The molecule has 0 aliphatic heterocycles. The van der Waals surface area contributed by atoms with Crippen molar-refractivity contribution in [2.24, 2.45) is 0 Å². The van der Waals surface area contributed by atoms with Gasteiger partial charge in [-0.15, -0.1) is 0 Å². The van der Waals surface area contributed by atoms with Gasteiger partial charge in [0.15, 0.2) is 0 Å². The van der Waals surface area contributed by atoms with Crippen LogP contribution in [-0.2, 0) is 10.2 Å². The van der Waals surface area contributed by atoms with Gasteiger partial charge in [0, 0.05) is 5.41 Å². The van der Waals surface area contributed by atoms with E-state index in [0.717, 1.165) is 24.0 Å². The molecule has 2 rings (SSSR count). The fourth-order valence-electron chi connectivity index (χ4n) is 2.68. The molecule has 0 heterocycles. The monoisotopic (exact) mass is 250 g/mol. The lowest BCUT2D eigenvalue weighted by Crippen LogP contribution is -2.15. The van der Waals surface area contributed by atoms with E-state index in [1.54, 1.807) is 6.07 Å². The Hall–Kier alpha value is -1.38. The summed E-state index contributed by atoms with van der Waals surface area (Å²) in [7, 11) is 0. The number of carbonyl (C=O) groups is 1. The van der Waals surface area contributed by atoms with Crippen molar-refractivity contribution in [3.63, 3.8) is 0 Å². The molecule has 1 aliphatic carbocycles. The lowest BCUT2D eigenvalue weighted by molar-refractivity contribution is -0.137. The first-order chi connectivity index (χ1) is 8.35. The molecule has 3 heteroatoms. The zero-order valence-electron chi connectivity index (χ0n) is 11.1. The molecular formula is C15H19FO2. The number of carboxylic acid groups (broad SMARTS) is 1. The maximum atomic E-state index is 13.8. The predicted molar refractivity (Wildman–Crippen MR) is 68.4 cm³/mol. The topological polar surface area (TPSA) is 37.3 Å². The van der Waals surface area contributed by atoms with Crippen LogP contribution < -0.4 is 0 Å². The highest BCUT2D eigenvalue weighted by Gasteiger charge is 2.47. The number of aliphatic carboxylic acids is 1. The number of hydrogen-bond donors (Lipinski definition) is 1. The van der Waals surface area contributed by atoms with Crippen LogP contribution in [0.15, 0.2) is 12.1 Å². The zero-order chi connectivity index (χ0) is 13.5. The van der Waals surface area contributed by atoms with Crippen molar-refractivity contribution in [3.8, 4) is 0 Å². The fourth-order valence-corrected chi connectivity index (χ4v) is 2.68. The summed E-state index contributed by atoms with van der Waals surface area (Å²) >= 11 is 0. The molecule has 98 valence electrons. The summed E-state index contributed by atoms with van der Waals surface area (Å²) in [5.74, 6) is -0.843. The van der Waals surface area contributed by atoms with Crippen LogP contribution in [-0.4, -0.2) is 11.1 Å². The van der Waals surface area contributed by atoms with Crippen molar-refractivity contribution < 1.29 is 14.3 Å². The van der Waals surface area contributed by atoms with Crippen molar-refractivity contribution in [2.75, 3.05) is 0 Å². The van der Waals surface area contributed by atoms with Crippen molar-refractivity contribution >= 4 is 5.97 Å². The molecule has 18 heavy (non-hydrogen) atoms. The highest BCUT2D eigenvalue weighted by atomic mass is 19.1. The van der Waals surface area contributed by atoms with Gasteiger partial charge in [0.25, 0.3) is 0 Å². The van der Waals surface area contributed by atoms with Gasteiger partial charge in [-0.25, -0.2) is 4.39 Å². The first kappa shape index (κ1) is 13.1. The SMILES string of the molecule is Cc1cc(F)c(C(C)C)cc1C1(CC(=O)O)CC1. The summed E-state index contributed by atoms with van der Waals surface area (Å²) in [6.07, 6.45) is 1.93. The molecule has 0 unspecified atom stereocenters. The third-order valence-corrected chi connectivity index (χ3v) is 3.88. The van der Waals surface area contributed by atoms with E-state index in [2.05, 4.69) is 0 Å². The minimum Gasteiger partial charge on any atom is -0.481 e. The number of hydrogen-bond acceptors (Lipinski definition) is 1. The van der Waals surface area contributed by atoms with E-state index >= 15 is 0 Å². The van der Waals surface area contributed by atoms with E-state index < -0.39 is 5.97 Å². The lowest BCUT2D eigenvalue weighted by atomic mass is 9.86. The van der Waals surface area contributed by atoms with Crippen molar-refractivity contribution in [1.82, 2.24) is 0 Å². The summed E-state index contributed by atoms with van der Waals surface area (Å²) in [5, 5.41) is 9.00. The second-order valence-electron chi connectivity index (χ2n) is 5.69. The Labute approximate surface area is 107 Å². The van der Waals surface area contributed by atoms with E-state index in [0.29, 0.717) is 5.56 Å². The zero-order valence-corrected chi connectivity index (χ0v) is 11.1. The van der Waals surface area contributed by atoms with Gasteiger partial charge >= 0.3 is 5.97 Å². The number of benzene rings is 1. The summed E-state index contributed by atoms with van der Waals surface area (Å²) in [6, 6.07) is 3.43. The standard InChI is InChI=1S/C15H19FO2/c1-9(2)11-7-12(10(3)6-13(11)16)15(4-5-15)8-14(17)18/h6-7,9H,4-5,8H2,1-3H3,(H,17,18). The summed E-state index contributed by atoms with van der Waals surface area (Å²) in [4.78, 5) is 11.0. The van der Waals surface area contributed by atoms with Crippen molar-refractivity contribution in [1.29, 1.82) is 0 Å². The first-order valence-corrected chi connectivity index (χ1v) is 6.38. The Balaban J connectivity index is 2.45. The average Bonchev–Trinajstić information content (AvgIpc) is 2.96. The minimum absolute atomic E-state index is 0.116. The highest BCUT2D eigenvalue weighted by Crippen LogP contribution is 2.52. The third kappa shape index (κ3) is 2.26. The van der Waals surface area contributed by atoms with Crippen LogP contribution in [0.1, 0.15) is 55.7 Å². The van der Waals surface area contributed by atoms with Crippen LogP contribution in [0.25, 0.3) is 0 Å². The number of carboxylic acids is 1. The van der Waals surface area contributed by atoms with Crippen LogP contribution in [0.5, 0.6) is 0 Å². The molecule has 1 fully saturated rings. The Morgan fingerprint density at radius 2 is 2.06 bits per heavy atom. The van der Waals surface area contributed by atoms with Crippen LogP contribution in [0.3, 0.4) is 0 Å². The first-order valence-electron chi connectivity index (χ1n) is 6.38. The van der Waals surface area contributed by atoms with Gasteiger partial charge in [-0.1, -0.05) is 19.9 Å². The molecule has 0 radical (unpaired) electrons. The molecule has 0 spiro atoms. The number of aryl methyl sites for hydroxylation is 1. The molecule has 0 amide bonds. The van der Waals surface area contributed by atoms with E-state index in [9.17, 15) is 9.18 Å². The molecule has 1 aromatic carbocycles. The summed E-state index contributed by atoms with van der Waals surface area (Å²) in [5.41, 5.74) is 2.34. The maximum absolute atomic E-state index is 13.8. The minimum atomic E-state index is -0.776. The summed E-state index contributed by atoms with van der Waals surface area (Å²) in [6.45, 7) is 5.77. The lowest BCUT2D eigenvalue weighted by Gasteiger charge is -2.19. The van der Waals surface area contributed by atoms with Crippen molar-refractivity contribution in [2.45, 2.75) is 51.4 Å². The number of halogens is 1. The van der Waals surface area contributed by atoms with Gasteiger partial charge in [0.1, 0.15) is 5.82 Å². The van der Waals surface area contributed by atoms with Crippen LogP contribution in [0.2, 0.25) is 0 Å². The van der Waals surface area contributed by atoms with Crippen LogP contribution in [0, 0.1) is 12.7 Å². The van der Waals surface area contributed by atoms with Gasteiger partial charge in [-0.3, -0.25) is 4.79 Å². The van der Waals surface area contributed by atoms with E-state index in [1.807, 2.05) is 26.8 Å². The maximum Gasteiger partial charge on any atom is 0.304 e. The smallest absolute Gasteiger partial charge is 0.304 e. The molecule has 1 N–H and O–H groups in total. The molecule has 1 aliphatic rings. The van der Waals surface area contributed by atoms with Gasteiger partial charge in [-0.05, 0) is 48.4 Å². The Bertz CT molecular complexity index is 488. The van der Waals surface area contributed by atoms with Crippen LogP contribution >= 0.6 is 0 Å². The van der Waals surface area contributed by atoms with Crippen LogP contribution in [0.4, 0.5) is 4.39 Å². The van der Waals surface area contributed by atoms with E-state index in [1.165, 1.54) is 0 Å². The second-order valence-corrected chi connectivity index (χ2v) is 5.69. The van der Waals surface area contributed by atoms with Gasteiger partial charge < -0.3 is 5.11 Å². The summed E-state index contributed by atoms with van der Waals surface area (Å²) < 4.78 is 13.8. The molecule has 1 saturated carbocycles. The van der Waals surface area contributed by atoms with E-state index in [4.69, 9.17) is 5.11 Å². The molecule has 0 atom stereocenters. The third-order valence-electron chi connectivity index (χ3n) is 3.88.